The Balaban J connectivity index is 2.04. The third-order valence-corrected chi connectivity index (χ3v) is 3.69. The van der Waals surface area contributed by atoms with Gasteiger partial charge in [0.1, 0.15) is 5.75 Å². The summed E-state index contributed by atoms with van der Waals surface area (Å²) in [6.45, 7) is 4.79. The average molecular weight is 257 g/mol. The molecule has 2 unspecified atom stereocenters. The molecule has 1 aliphatic carbocycles. The molecular weight excluding hydrogens is 234 g/mol. The highest BCUT2D eigenvalue weighted by atomic mass is 16.5. The molecule has 1 fully saturated rings. The molecule has 2 N–H and O–H groups in total. The zero-order valence-electron chi connectivity index (χ0n) is 11.9. The zero-order chi connectivity index (χ0) is 13.7. The van der Waals surface area contributed by atoms with Crippen LogP contribution in [0.15, 0.2) is 18.2 Å². The molecule has 1 aromatic carbocycles. The van der Waals surface area contributed by atoms with Gasteiger partial charge in [-0.05, 0) is 55.9 Å². The summed E-state index contributed by atoms with van der Waals surface area (Å²) in [6, 6.07) is 6.12. The van der Waals surface area contributed by atoms with Crippen molar-refractivity contribution < 1.29 is 4.74 Å². The van der Waals surface area contributed by atoms with Crippen LogP contribution in [0.3, 0.4) is 0 Å². The van der Waals surface area contributed by atoms with E-state index in [9.17, 15) is 0 Å². The Bertz CT molecular complexity index is 484. The van der Waals surface area contributed by atoms with Crippen molar-refractivity contribution in [3.8, 4) is 17.6 Å². The fraction of sp³-hybridized carbons (Fsp3) is 0.529. The molecule has 0 radical (unpaired) electrons. The Morgan fingerprint density at radius 2 is 2.21 bits per heavy atom. The highest BCUT2D eigenvalue weighted by molar-refractivity contribution is 5.43. The van der Waals surface area contributed by atoms with E-state index in [2.05, 4.69) is 31.8 Å². The van der Waals surface area contributed by atoms with E-state index in [1.807, 2.05) is 12.1 Å². The fourth-order valence-corrected chi connectivity index (χ4v) is 2.68. The average Bonchev–Trinajstić information content (AvgIpc) is 2.39. The minimum atomic E-state index is 0.378. The van der Waals surface area contributed by atoms with Crippen molar-refractivity contribution in [2.45, 2.75) is 45.6 Å². The molecule has 0 spiro atoms. The molecule has 0 amide bonds. The molecule has 0 aliphatic heterocycles. The van der Waals surface area contributed by atoms with Crippen LogP contribution in [0.4, 0.5) is 0 Å². The van der Waals surface area contributed by atoms with Gasteiger partial charge in [0.25, 0.3) is 0 Å². The number of nitrogens with two attached hydrogens (primary N) is 1. The normalized spacial score (nSPS) is 22.5. The lowest BCUT2D eigenvalue weighted by Gasteiger charge is -2.28. The van der Waals surface area contributed by atoms with Gasteiger partial charge in [-0.2, -0.15) is 0 Å². The van der Waals surface area contributed by atoms with E-state index in [1.165, 1.54) is 25.7 Å². The van der Waals surface area contributed by atoms with Gasteiger partial charge in [0, 0.05) is 5.56 Å². The van der Waals surface area contributed by atoms with Gasteiger partial charge in [0.2, 0.25) is 0 Å². The van der Waals surface area contributed by atoms with Crippen molar-refractivity contribution in [1.82, 2.24) is 0 Å². The van der Waals surface area contributed by atoms with Crippen molar-refractivity contribution in [2.75, 3.05) is 6.54 Å². The topological polar surface area (TPSA) is 35.2 Å². The molecule has 1 aromatic rings. The molecule has 0 aromatic heterocycles. The van der Waals surface area contributed by atoms with Gasteiger partial charge in [0.05, 0.1) is 12.6 Å². The SMILES string of the molecule is Cc1cc(C#CCN)ccc1OC1CCCC(C)C1. The Hall–Kier alpha value is -1.46. The van der Waals surface area contributed by atoms with Crippen molar-refractivity contribution in [2.24, 2.45) is 11.7 Å². The van der Waals surface area contributed by atoms with E-state index in [4.69, 9.17) is 10.5 Å². The number of ether oxygens (including phenoxy) is 1. The van der Waals surface area contributed by atoms with E-state index >= 15 is 0 Å². The molecule has 0 bridgehead atoms. The Morgan fingerprint density at radius 3 is 2.89 bits per heavy atom. The summed E-state index contributed by atoms with van der Waals surface area (Å²) in [5.41, 5.74) is 7.54. The lowest BCUT2D eigenvalue weighted by Crippen LogP contribution is -2.24. The minimum Gasteiger partial charge on any atom is -0.490 e. The molecule has 1 saturated carbocycles. The molecule has 2 rings (SSSR count). The molecular formula is C17H23NO. The van der Waals surface area contributed by atoms with Gasteiger partial charge in [-0.15, -0.1) is 0 Å². The van der Waals surface area contributed by atoms with E-state index < -0.39 is 0 Å². The quantitative estimate of drug-likeness (QED) is 0.825. The highest BCUT2D eigenvalue weighted by Gasteiger charge is 2.20. The summed E-state index contributed by atoms with van der Waals surface area (Å²) in [4.78, 5) is 0. The van der Waals surface area contributed by atoms with Crippen LogP contribution >= 0.6 is 0 Å². The maximum absolute atomic E-state index is 6.14. The van der Waals surface area contributed by atoms with Crippen molar-refractivity contribution in [1.29, 1.82) is 0 Å². The monoisotopic (exact) mass is 257 g/mol. The molecule has 2 heteroatoms. The molecule has 19 heavy (non-hydrogen) atoms. The van der Waals surface area contributed by atoms with Gasteiger partial charge in [0.15, 0.2) is 0 Å². The molecule has 0 saturated heterocycles. The second-order valence-electron chi connectivity index (χ2n) is 5.50. The summed E-state index contributed by atoms with van der Waals surface area (Å²) in [5, 5.41) is 0. The molecule has 102 valence electrons. The second-order valence-corrected chi connectivity index (χ2v) is 5.50. The molecule has 2 nitrogen and oxygen atoms in total. The Kier molecular flexibility index (Phi) is 4.87. The number of hydrogen-bond donors (Lipinski definition) is 1. The van der Waals surface area contributed by atoms with Gasteiger partial charge in [-0.25, -0.2) is 0 Å². The Labute approximate surface area is 116 Å². The van der Waals surface area contributed by atoms with E-state index in [0.717, 1.165) is 22.8 Å². The molecule has 0 heterocycles. The van der Waals surface area contributed by atoms with Crippen LogP contribution in [0.2, 0.25) is 0 Å². The first kappa shape index (κ1) is 14.0. The maximum Gasteiger partial charge on any atom is 0.122 e. The first-order chi connectivity index (χ1) is 9.19. The standard InChI is InChI=1S/C17H23NO/c1-13-5-3-7-16(11-13)19-17-9-8-15(6-4-10-18)12-14(17)2/h8-9,12-13,16H,3,5,7,10-11,18H2,1-2H3. The van der Waals surface area contributed by atoms with Crippen LogP contribution in [0.5, 0.6) is 5.75 Å². The highest BCUT2D eigenvalue weighted by Crippen LogP contribution is 2.29. The van der Waals surface area contributed by atoms with Crippen LogP contribution in [0.1, 0.15) is 43.7 Å². The van der Waals surface area contributed by atoms with Crippen molar-refractivity contribution in [3.05, 3.63) is 29.3 Å². The number of benzene rings is 1. The van der Waals surface area contributed by atoms with Crippen LogP contribution < -0.4 is 10.5 Å². The minimum absolute atomic E-state index is 0.378. The maximum atomic E-state index is 6.14. The van der Waals surface area contributed by atoms with Crippen LogP contribution in [-0.2, 0) is 0 Å². The predicted octanol–water partition coefficient (Wildman–Crippen LogP) is 3.26. The predicted molar refractivity (Wildman–Crippen MR) is 79.2 cm³/mol. The third kappa shape index (κ3) is 4.01. The lowest BCUT2D eigenvalue weighted by atomic mass is 9.88. The van der Waals surface area contributed by atoms with Gasteiger partial charge >= 0.3 is 0 Å². The summed E-state index contributed by atoms with van der Waals surface area (Å²) in [5.74, 6) is 7.71. The summed E-state index contributed by atoms with van der Waals surface area (Å²) in [6.07, 6.45) is 5.35. The smallest absolute Gasteiger partial charge is 0.122 e. The molecule has 1 aliphatic rings. The lowest BCUT2D eigenvalue weighted by molar-refractivity contribution is 0.128. The summed E-state index contributed by atoms with van der Waals surface area (Å²) < 4.78 is 6.14. The Morgan fingerprint density at radius 1 is 1.37 bits per heavy atom. The van der Waals surface area contributed by atoms with Gasteiger partial charge < -0.3 is 10.5 Å². The number of hydrogen-bond acceptors (Lipinski definition) is 2. The van der Waals surface area contributed by atoms with Crippen molar-refractivity contribution in [3.63, 3.8) is 0 Å². The fourth-order valence-electron chi connectivity index (χ4n) is 2.68. The van der Waals surface area contributed by atoms with Crippen LogP contribution in [-0.4, -0.2) is 12.6 Å². The van der Waals surface area contributed by atoms with Gasteiger partial charge in [-0.1, -0.05) is 25.2 Å². The van der Waals surface area contributed by atoms with E-state index in [1.54, 1.807) is 0 Å². The third-order valence-electron chi connectivity index (χ3n) is 3.69. The second kappa shape index (κ2) is 6.63. The summed E-state index contributed by atoms with van der Waals surface area (Å²) in [7, 11) is 0. The van der Waals surface area contributed by atoms with Crippen LogP contribution in [0.25, 0.3) is 0 Å². The van der Waals surface area contributed by atoms with E-state index in [0.29, 0.717) is 12.6 Å². The number of aryl methyl sites for hydroxylation is 1. The van der Waals surface area contributed by atoms with E-state index in [-0.39, 0.29) is 0 Å². The van der Waals surface area contributed by atoms with Crippen molar-refractivity contribution >= 4 is 0 Å². The van der Waals surface area contributed by atoms with Gasteiger partial charge in [-0.3, -0.25) is 0 Å². The van der Waals surface area contributed by atoms with Crippen LogP contribution in [0, 0.1) is 24.7 Å². The first-order valence-corrected chi connectivity index (χ1v) is 7.15. The summed E-state index contributed by atoms with van der Waals surface area (Å²) >= 11 is 0. The zero-order valence-corrected chi connectivity index (χ0v) is 11.9. The number of rotatable bonds is 2. The first-order valence-electron chi connectivity index (χ1n) is 7.15. The largest absolute Gasteiger partial charge is 0.490 e. The molecule has 2 atom stereocenters.